The Labute approximate surface area is 174 Å². The minimum atomic E-state index is 0. The van der Waals surface area contributed by atoms with Crippen molar-refractivity contribution in [2.75, 3.05) is 0 Å². The molecule has 0 aliphatic heterocycles. The predicted octanol–water partition coefficient (Wildman–Crippen LogP) is 5.65. The van der Waals surface area contributed by atoms with Crippen LogP contribution in [-0.4, -0.2) is 16.0 Å². The number of unbranched alkanes of at least 4 members (excludes halogenated alkanes) is 2. The molecule has 24 heavy (non-hydrogen) atoms. The quantitative estimate of drug-likeness (QED) is 0.419. The summed E-state index contributed by atoms with van der Waals surface area (Å²) in [6.07, 6.45) is 14.3. The third kappa shape index (κ3) is 19.7. The molecule has 2 aromatic rings. The van der Waals surface area contributed by atoms with Gasteiger partial charge in [0.05, 0.1) is 0 Å². The van der Waals surface area contributed by atoms with Crippen molar-refractivity contribution in [2.45, 2.75) is 66.2 Å². The van der Waals surface area contributed by atoms with Gasteiger partial charge in [-0.25, -0.2) is 22.0 Å². The van der Waals surface area contributed by atoms with E-state index in [9.17, 15) is 0 Å². The Morgan fingerprint density at radius 1 is 0.875 bits per heavy atom. The molecule has 2 heteroatoms. The topological polar surface area (TPSA) is 0 Å². The summed E-state index contributed by atoms with van der Waals surface area (Å²) in [6.45, 7) is 8.45. The van der Waals surface area contributed by atoms with Crippen molar-refractivity contribution in [1.82, 2.24) is 0 Å². The second-order valence-electron chi connectivity index (χ2n) is 5.37. The second-order valence-corrected chi connectivity index (χ2v) is 5.37. The number of hydrogen-bond donors (Lipinski definition) is 0. The fourth-order valence-corrected chi connectivity index (χ4v) is 1.92. The van der Waals surface area contributed by atoms with Gasteiger partial charge in [-0.2, -0.15) is 61.4 Å². The van der Waals surface area contributed by atoms with E-state index in [0.717, 1.165) is 0 Å². The van der Waals surface area contributed by atoms with E-state index in [1.165, 1.54) is 59.5 Å². The average Bonchev–Trinajstić information content (AvgIpc) is 3.28. The molecule has 0 heterocycles. The molecule has 0 radical (unpaired) electrons. The standard InChI is InChI=1S/2C9H13.C3H7.CH3Si.Zr/c2*1-2-3-6-9-7-4-5-8-9;1-3-2;1-2;/h2*4-5,7-8H,2-3,6H2,1H3;3H,1-2H3;1H,2H2;/q4*-1;+4. The van der Waals surface area contributed by atoms with Gasteiger partial charge in [0, 0.05) is 0 Å². The second kappa shape index (κ2) is 24.9. The van der Waals surface area contributed by atoms with Crippen LogP contribution in [0.3, 0.4) is 0 Å². The van der Waals surface area contributed by atoms with Crippen molar-refractivity contribution >= 4 is 16.0 Å². The van der Waals surface area contributed by atoms with Gasteiger partial charge in [0.25, 0.3) is 0 Å². The molecule has 0 nitrogen and oxygen atoms in total. The van der Waals surface area contributed by atoms with Crippen LogP contribution in [0.4, 0.5) is 0 Å². The maximum Gasteiger partial charge on any atom is 4.00 e. The van der Waals surface area contributed by atoms with Gasteiger partial charge in [-0.3, -0.25) is 0 Å². The van der Waals surface area contributed by atoms with Crippen LogP contribution in [0.25, 0.3) is 0 Å². The van der Waals surface area contributed by atoms with E-state index in [1.807, 2.05) is 20.3 Å². The van der Waals surface area contributed by atoms with Crippen molar-refractivity contribution in [3.8, 4) is 0 Å². The van der Waals surface area contributed by atoms with E-state index in [0.29, 0.717) is 0 Å². The fourth-order valence-electron chi connectivity index (χ4n) is 1.92. The SMILES string of the molecule is CCCCc1cc[cH-]c1.CCCCc1cc[cH-]c1.C[CH-]C.[CH-]=[SiH2].[Zr+4]. The zero-order chi connectivity index (χ0) is 17.8. The summed E-state index contributed by atoms with van der Waals surface area (Å²) in [6, 6.07) is 17.2. The predicted molar refractivity (Wildman–Crippen MR) is 112 cm³/mol. The molecule has 0 aliphatic carbocycles. The van der Waals surface area contributed by atoms with Gasteiger partial charge in [-0.15, -0.1) is 0 Å². The summed E-state index contributed by atoms with van der Waals surface area (Å²) < 4.78 is 0. The Morgan fingerprint density at radius 3 is 1.42 bits per heavy atom. The van der Waals surface area contributed by atoms with Crippen LogP contribution >= 0.6 is 0 Å². The van der Waals surface area contributed by atoms with Gasteiger partial charge >= 0.3 is 26.2 Å². The monoisotopic (exact) mass is 418 g/mol. The third-order valence-corrected chi connectivity index (χ3v) is 3.10. The Kier molecular flexibility index (Phi) is 29.6. The fraction of sp³-hybridized carbons (Fsp3) is 0.455. The van der Waals surface area contributed by atoms with Crippen molar-refractivity contribution in [3.63, 3.8) is 0 Å². The molecule has 0 aromatic heterocycles. The van der Waals surface area contributed by atoms with E-state index < -0.39 is 0 Å². The number of rotatable bonds is 6. The molecule has 0 spiro atoms. The Hall–Kier alpha value is -0.330. The third-order valence-electron chi connectivity index (χ3n) is 3.10. The number of aryl methyl sites for hydroxylation is 2. The van der Waals surface area contributed by atoms with Crippen LogP contribution < -0.4 is 0 Å². The molecule has 0 unspecified atom stereocenters. The zero-order valence-electron chi connectivity index (χ0n) is 16.2. The van der Waals surface area contributed by atoms with E-state index in [4.69, 9.17) is 0 Å². The molecule has 0 saturated carbocycles. The first kappa shape index (κ1) is 28.5. The summed E-state index contributed by atoms with van der Waals surface area (Å²) in [7, 11) is 1.36. The summed E-state index contributed by atoms with van der Waals surface area (Å²) in [5.74, 6) is 0. The van der Waals surface area contributed by atoms with E-state index >= 15 is 0 Å². The summed E-state index contributed by atoms with van der Waals surface area (Å²) in [4.78, 5) is 0. The van der Waals surface area contributed by atoms with Gasteiger partial charge in [-0.1, -0.05) is 52.4 Å². The van der Waals surface area contributed by atoms with Gasteiger partial charge in [0.1, 0.15) is 0 Å². The molecule has 2 aromatic carbocycles. The molecule has 0 fully saturated rings. The molecule has 0 aliphatic rings. The van der Waals surface area contributed by atoms with E-state index in [-0.39, 0.29) is 26.2 Å². The van der Waals surface area contributed by atoms with Crippen LogP contribution in [0, 0.1) is 6.42 Å². The first-order valence-corrected chi connectivity index (χ1v) is 9.66. The smallest absolute Gasteiger partial charge is 0.533 e. The molecule has 0 atom stereocenters. The van der Waals surface area contributed by atoms with Crippen molar-refractivity contribution in [2.24, 2.45) is 0 Å². The van der Waals surface area contributed by atoms with Gasteiger partial charge in [-0.05, 0) is 0 Å². The van der Waals surface area contributed by atoms with Gasteiger partial charge in [0.2, 0.25) is 0 Å². The largest absolute Gasteiger partial charge is 4.00 e. The molecular weight excluding hydrogens is 384 g/mol. The van der Waals surface area contributed by atoms with E-state index in [1.54, 1.807) is 0 Å². The molecule has 0 amide bonds. The maximum absolute atomic E-state index is 4.53. The normalized spacial score (nSPS) is 8.33. The molecular formula is C22H36SiZr. The van der Waals surface area contributed by atoms with Crippen LogP contribution in [0.15, 0.2) is 48.5 Å². The van der Waals surface area contributed by atoms with Crippen molar-refractivity contribution < 1.29 is 26.2 Å². The zero-order valence-corrected chi connectivity index (χ0v) is 20.1. The first-order chi connectivity index (χ1) is 11.3. The Morgan fingerprint density at radius 2 is 1.21 bits per heavy atom. The Balaban J connectivity index is -0.000000282. The van der Waals surface area contributed by atoms with Crippen molar-refractivity contribution in [1.29, 1.82) is 0 Å². The first-order valence-electron chi connectivity index (χ1n) is 8.84. The van der Waals surface area contributed by atoms with Crippen LogP contribution in [0.2, 0.25) is 0 Å². The summed E-state index contributed by atoms with van der Waals surface area (Å²) in [5, 5.41) is 0. The molecule has 0 saturated heterocycles. The van der Waals surface area contributed by atoms with E-state index in [2.05, 4.69) is 68.6 Å². The van der Waals surface area contributed by atoms with Crippen LogP contribution in [0.5, 0.6) is 0 Å². The molecule has 0 N–H and O–H groups in total. The molecule has 0 bridgehead atoms. The minimum Gasteiger partial charge on any atom is -0.533 e. The molecule has 2 rings (SSSR count). The Bertz CT molecular complexity index is 351. The number of hydrogen-bond acceptors (Lipinski definition) is 0. The summed E-state index contributed by atoms with van der Waals surface area (Å²) in [5.41, 5.74) is 2.97. The van der Waals surface area contributed by atoms with Crippen molar-refractivity contribution in [3.05, 3.63) is 66.1 Å². The average molecular weight is 420 g/mol. The van der Waals surface area contributed by atoms with Gasteiger partial charge < -0.3 is 12.6 Å². The molecule has 132 valence electrons. The van der Waals surface area contributed by atoms with Crippen LogP contribution in [-0.2, 0) is 39.0 Å². The maximum atomic E-state index is 4.53. The minimum absolute atomic E-state index is 0. The van der Waals surface area contributed by atoms with Crippen LogP contribution in [0.1, 0.15) is 64.5 Å². The summed E-state index contributed by atoms with van der Waals surface area (Å²) >= 11 is 0. The van der Waals surface area contributed by atoms with Gasteiger partial charge in [0.15, 0.2) is 0 Å².